The summed E-state index contributed by atoms with van der Waals surface area (Å²) in [5, 5.41) is 0. The molecule has 0 radical (unpaired) electrons. The van der Waals surface area contributed by atoms with Crippen molar-refractivity contribution in [1.29, 1.82) is 0 Å². The van der Waals surface area contributed by atoms with Crippen LogP contribution in [0.2, 0.25) is 0 Å². The Morgan fingerprint density at radius 2 is 2.26 bits per heavy atom. The fraction of sp³-hybridized carbons (Fsp3) is 0.308. The summed E-state index contributed by atoms with van der Waals surface area (Å²) in [6.07, 6.45) is 2.24. The molecule has 0 atom stereocenters. The van der Waals surface area contributed by atoms with Gasteiger partial charge in [0.05, 0.1) is 4.90 Å². The molecule has 2 rings (SSSR count). The van der Waals surface area contributed by atoms with E-state index in [4.69, 9.17) is 0 Å². The molecule has 0 bridgehead atoms. The number of hydrogen-bond donors (Lipinski definition) is 1. The Labute approximate surface area is 113 Å². The predicted molar refractivity (Wildman–Crippen MR) is 73.6 cm³/mol. The van der Waals surface area contributed by atoms with Crippen LogP contribution in [0.25, 0.3) is 0 Å². The Kier molecular flexibility index (Phi) is 3.73. The molecule has 1 N–H and O–H groups in total. The van der Waals surface area contributed by atoms with Crippen molar-refractivity contribution in [3.8, 4) is 0 Å². The maximum atomic E-state index is 12.0. The number of anilines is 1. The molecule has 1 heterocycles. The minimum Gasteiger partial charge on any atom is -0.312 e. The number of carbonyl (C=O) groups excluding carboxylic acids is 1. The lowest BCUT2D eigenvalue weighted by Crippen LogP contribution is -2.27. The Balaban J connectivity index is 2.38. The first kappa shape index (κ1) is 13.8. The quantitative estimate of drug-likeness (QED) is 0.839. The molecule has 0 aromatic heterocycles. The molecule has 1 aromatic rings. The Hall–Kier alpha value is -1.66. The molecule has 5 nitrogen and oxygen atoms in total. The van der Waals surface area contributed by atoms with Crippen molar-refractivity contribution < 1.29 is 13.2 Å². The molecule has 6 heteroatoms. The molecule has 0 saturated heterocycles. The van der Waals surface area contributed by atoms with Gasteiger partial charge in [-0.25, -0.2) is 13.1 Å². The molecular weight excluding hydrogens is 264 g/mol. The number of hydrogen-bond acceptors (Lipinski definition) is 3. The van der Waals surface area contributed by atoms with E-state index in [0.29, 0.717) is 12.2 Å². The Morgan fingerprint density at radius 3 is 2.89 bits per heavy atom. The number of fused-ring (bicyclic) bond motifs is 1. The van der Waals surface area contributed by atoms with Crippen molar-refractivity contribution in [2.75, 3.05) is 18.0 Å². The molecule has 0 fully saturated rings. The van der Waals surface area contributed by atoms with E-state index in [0.717, 1.165) is 12.0 Å². The number of nitrogens with one attached hydrogen (secondary N) is 1. The highest BCUT2D eigenvalue weighted by Crippen LogP contribution is 2.30. The van der Waals surface area contributed by atoms with Crippen LogP contribution in [-0.2, 0) is 21.2 Å². The molecule has 1 aliphatic rings. The van der Waals surface area contributed by atoms with Gasteiger partial charge in [0.15, 0.2) is 0 Å². The summed E-state index contributed by atoms with van der Waals surface area (Å²) in [6.45, 7) is 5.73. The van der Waals surface area contributed by atoms with Crippen molar-refractivity contribution in [3.05, 3.63) is 36.4 Å². The second kappa shape index (κ2) is 5.14. The second-order valence-electron chi connectivity index (χ2n) is 4.35. The monoisotopic (exact) mass is 280 g/mol. The zero-order chi connectivity index (χ0) is 14.0. The summed E-state index contributed by atoms with van der Waals surface area (Å²) in [6, 6.07) is 4.88. The molecule has 0 saturated carbocycles. The molecule has 19 heavy (non-hydrogen) atoms. The highest BCUT2D eigenvalue weighted by atomic mass is 32.2. The van der Waals surface area contributed by atoms with E-state index in [2.05, 4.69) is 11.3 Å². The van der Waals surface area contributed by atoms with E-state index in [1.807, 2.05) is 0 Å². The maximum absolute atomic E-state index is 12.0. The number of benzene rings is 1. The first-order valence-corrected chi connectivity index (χ1v) is 7.45. The largest absolute Gasteiger partial charge is 0.312 e. The fourth-order valence-corrected chi connectivity index (χ4v) is 3.12. The van der Waals surface area contributed by atoms with E-state index < -0.39 is 10.0 Å². The standard InChI is InChI=1S/C13H16N2O3S/c1-3-7-14-19(17,18)12-5-4-11-6-8-15(10(2)16)13(11)9-12/h3-5,9,14H,1,6-8H2,2H3. The van der Waals surface area contributed by atoms with Gasteiger partial charge in [0.25, 0.3) is 0 Å². The summed E-state index contributed by atoms with van der Waals surface area (Å²) < 4.78 is 26.4. The van der Waals surface area contributed by atoms with E-state index in [1.165, 1.54) is 13.0 Å². The third kappa shape index (κ3) is 2.69. The number of nitrogens with zero attached hydrogens (tertiary/aromatic N) is 1. The maximum Gasteiger partial charge on any atom is 0.240 e. The fourth-order valence-electron chi connectivity index (χ4n) is 2.11. The summed E-state index contributed by atoms with van der Waals surface area (Å²) in [5.74, 6) is -0.0765. The van der Waals surface area contributed by atoms with Crippen LogP contribution in [0, 0.1) is 0 Å². The van der Waals surface area contributed by atoms with Crippen molar-refractivity contribution in [2.45, 2.75) is 18.2 Å². The topological polar surface area (TPSA) is 66.5 Å². The van der Waals surface area contributed by atoms with Gasteiger partial charge in [-0.2, -0.15) is 0 Å². The third-order valence-electron chi connectivity index (χ3n) is 3.06. The second-order valence-corrected chi connectivity index (χ2v) is 6.12. The molecule has 0 aliphatic carbocycles. The summed E-state index contributed by atoms with van der Waals surface area (Å²) in [4.78, 5) is 13.3. The lowest BCUT2D eigenvalue weighted by molar-refractivity contribution is -0.116. The van der Waals surface area contributed by atoms with Crippen LogP contribution in [0.5, 0.6) is 0 Å². The van der Waals surface area contributed by atoms with Crippen LogP contribution in [0.15, 0.2) is 35.7 Å². The normalized spacial score (nSPS) is 14.3. The van der Waals surface area contributed by atoms with Crippen LogP contribution in [0.1, 0.15) is 12.5 Å². The first-order valence-electron chi connectivity index (χ1n) is 5.97. The number of amides is 1. The van der Waals surface area contributed by atoms with Crippen LogP contribution in [0.3, 0.4) is 0 Å². The molecular formula is C13H16N2O3S. The van der Waals surface area contributed by atoms with Gasteiger partial charge in [0, 0.05) is 25.7 Å². The predicted octanol–water partition coefficient (Wildman–Crippen LogP) is 1.06. The molecule has 1 aromatic carbocycles. The minimum atomic E-state index is -3.55. The average molecular weight is 280 g/mol. The van der Waals surface area contributed by atoms with Crippen LogP contribution in [-0.4, -0.2) is 27.4 Å². The summed E-state index contributed by atoms with van der Waals surface area (Å²) >= 11 is 0. The third-order valence-corrected chi connectivity index (χ3v) is 4.48. The Bertz CT molecular complexity index is 623. The van der Waals surface area contributed by atoms with Crippen molar-refractivity contribution in [2.24, 2.45) is 0 Å². The molecule has 1 amide bonds. The van der Waals surface area contributed by atoms with Crippen LogP contribution >= 0.6 is 0 Å². The van der Waals surface area contributed by atoms with Gasteiger partial charge in [-0.1, -0.05) is 12.1 Å². The lowest BCUT2D eigenvalue weighted by atomic mass is 10.2. The van der Waals surface area contributed by atoms with Gasteiger partial charge in [0.2, 0.25) is 15.9 Å². The van der Waals surface area contributed by atoms with E-state index in [9.17, 15) is 13.2 Å². The SMILES string of the molecule is C=CCNS(=O)(=O)c1ccc2c(c1)N(C(C)=O)CC2. The van der Waals surface area contributed by atoms with Crippen molar-refractivity contribution >= 4 is 21.6 Å². The van der Waals surface area contributed by atoms with Crippen LogP contribution < -0.4 is 9.62 Å². The summed E-state index contributed by atoms with van der Waals surface area (Å²) in [5.41, 5.74) is 1.69. The van der Waals surface area contributed by atoms with E-state index in [1.54, 1.807) is 23.1 Å². The zero-order valence-corrected chi connectivity index (χ0v) is 11.5. The smallest absolute Gasteiger partial charge is 0.240 e. The van der Waals surface area contributed by atoms with E-state index >= 15 is 0 Å². The molecule has 0 unspecified atom stereocenters. The molecule has 102 valence electrons. The summed E-state index contributed by atoms with van der Waals surface area (Å²) in [7, 11) is -3.55. The number of rotatable bonds is 4. The lowest BCUT2D eigenvalue weighted by Gasteiger charge is -2.15. The first-order chi connectivity index (χ1) is 8.95. The highest BCUT2D eigenvalue weighted by molar-refractivity contribution is 7.89. The average Bonchev–Trinajstić information content (AvgIpc) is 2.79. The molecule has 1 aliphatic heterocycles. The Morgan fingerprint density at radius 1 is 1.53 bits per heavy atom. The number of carbonyl (C=O) groups is 1. The van der Waals surface area contributed by atoms with Crippen LogP contribution in [0.4, 0.5) is 5.69 Å². The van der Waals surface area contributed by atoms with Crippen molar-refractivity contribution in [1.82, 2.24) is 4.72 Å². The van der Waals surface area contributed by atoms with Gasteiger partial charge in [-0.05, 0) is 24.1 Å². The van der Waals surface area contributed by atoms with Crippen molar-refractivity contribution in [3.63, 3.8) is 0 Å². The highest BCUT2D eigenvalue weighted by Gasteiger charge is 2.24. The molecule has 0 spiro atoms. The zero-order valence-electron chi connectivity index (χ0n) is 10.7. The van der Waals surface area contributed by atoms with Gasteiger partial charge in [-0.15, -0.1) is 6.58 Å². The van der Waals surface area contributed by atoms with Gasteiger partial charge in [-0.3, -0.25) is 4.79 Å². The van der Waals surface area contributed by atoms with E-state index in [-0.39, 0.29) is 17.3 Å². The van der Waals surface area contributed by atoms with Gasteiger partial charge in [0.1, 0.15) is 0 Å². The van der Waals surface area contributed by atoms with Gasteiger partial charge < -0.3 is 4.90 Å². The van der Waals surface area contributed by atoms with Gasteiger partial charge >= 0.3 is 0 Å². The minimum absolute atomic E-state index is 0.0765. The number of sulfonamides is 1.